The minimum absolute atomic E-state index is 0.284. The van der Waals surface area contributed by atoms with E-state index in [9.17, 15) is 4.79 Å². The molecule has 0 aliphatic carbocycles. The van der Waals surface area contributed by atoms with Crippen molar-refractivity contribution in [2.24, 2.45) is 0 Å². The number of aromatic nitrogens is 4. The smallest absolute Gasteiger partial charge is 0.269 e. The number of nitrogens with one attached hydrogen (secondary N) is 2. The first-order chi connectivity index (χ1) is 13.5. The molecule has 0 unspecified atom stereocenters. The molecule has 0 aliphatic heterocycles. The highest BCUT2D eigenvalue weighted by Crippen LogP contribution is 2.23. The van der Waals surface area contributed by atoms with E-state index in [1.54, 1.807) is 47.1 Å². The lowest BCUT2D eigenvalue weighted by Gasteiger charge is -2.13. The summed E-state index contributed by atoms with van der Waals surface area (Å²) in [7, 11) is 0. The number of fused-ring (bicyclic) bond motifs is 1. The Morgan fingerprint density at radius 1 is 1.00 bits per heavy atom. The van der Waals surface area contributed by atoms with Gasteiger partial charge in [0.2, 0.25) is 0 Å². The van der Waals surface area contributed by atoms with Crippen LogP contribution in [-0.4, -0.2) is 25.7 Å². The zero-order valence-electron chi connectivity index (χ0n) is 15.3. The first-order valence-corrected chi connectivity index (χ1v) is 9.01. The van der Waals surface area contributed by atoms with Crippen molar-refractivity contribution < 1.29 is 4.79 Å². The standard InChI is InChI=1S/C20H17ClN6O/c1-12-10-13(2)27(26-12)19-18(22-17-11-15(21)8-9-16(17)23-19)24-25-20(28)14-6-4-3-5-7-14/h3-11H,1-2H3,(H,22,24)(H,25,28). The summed E-state index contributed by atoms with van der Waals surface area (Å²) in [5.74, 6) is 0.562. The number of hydrogen-bond donors (Lipinski definition) is 2. The van der Waals surface area contributed by atoms with Crippen molar-refractivity contribution >= 4 is 34.4 Å². The number of anilines is 1. The number of hydrazine groups is 1. The van der Waals surface area contributed by atoms with Crippen molar-refractivity contribution in [3.8, 4) is 5.82 Å². The van der Waals surface area contributed by atoms with Crippen LogP contribution < -0.4 is 10.9 Å². The Hall–Kier alpha value is -3.45. The fraction of sp³-hybridized carbons (Fsp3) is 0.100. The van der Waals surface area contributed by atoms with E-state index in [1.807, 2.05) is 26.0 Å². The van der Waals surface area contributed by atoms with Gasteiger partial charge in [0.15, 0.2) is 11.6 Å². The lowest BCUT2D eigenvalue weighted by atomic mass is 10.2. The molecule has 2 N–H and O–H groups in total. The molecule has 4 aromatic rings. The molecule has 8 heteroatoms. The van der Waals surface area contributed by atoms with E-state index in [-0.39, 0.29) is 5.91 Å². The maximum Gasteiger partial charge on any atom is 0.269 e. The summed E-state index contributed by atoms with van der Waals surface area (Å²) in [4.78, 5) is 21.7. The van der Waals surface area contributed by atoms with Gasteiger partial charge in [-0.2, -0.15) is 5.10 Å². The van der Waals surface area contributed by atoms with E-state index >= 15 is 0 Å². The Morgan fingerprint density at radius 2 is 1.79 bits per heavy atom. The van der Waals surface area contributed by atoms with Crippen molar-refractivity contribution in [3.63, 3.8) is 0 Å². The van der Waals surface area contributed by atoms with Crippen LogP contribution in [0.3, 0.4) is 0 Å². The van der Waals surface area contributed by atoms with Gasteiger partial charge in [-0.1, -0.05) is 29.8 Å². The molecular formula is C20H17ClN6O. The topological polar surface area (TPSA) is 84.7 Å². The summed E-state index contributed by atoms with van der Waals surface area (Å²) in [6.07, 6.45) is 0. The molecule has 0 saturated heterocycles. The molecule has 4 rings (SSSR count). The third-order valence-electron chi connectivity index (χ3n) is 4.15. The highest BCUT2D eigenvalue weighted by Gasteiger charge is 2.15. The number of carbonyl (C=O) groups excluding carboxylic acids is 1. The van der Waals surface area contributed by atoms with Crippen LogP contribution in [0.15, 0.2) is 54.6 Å². The second-order valence-corrected chi connectivity index (χ2v) is 6.75. The second kappa shape index (κ2) is 7.28. The number of amides is 1. The lowest BCUT2D eigenvalue weighted by Crippen LogP contribution is -2.30. The summed E-state index contributed by atoms with van der Waals surface area (Å²) in [6.45, 7) is 3.84. The predicted octanol–water partition coefficient (Wildman–Crippen LogP) is 3.84. The highest BCUT2D eigenvalue weighted by molar-refractivity contribution is 6.31. The molecule has 2 heterocycles. The Labute approximate surface area is 166 Å². The molecular weight excluding hydrogens is 376 g/mol. The lowest BCUT2D eigenvalue weighted by molar-refractivity contribution is 0.0962. The largest absolute Gasteiger partial charge is 0.278 e. The molecule has 0 bridgehead atoms. The summed E-state index contributed by atoms with van der Waals surface area (Å²) in [5.41, 5.74) is 9.11. The van der Waals surface area contributed by atoms with Gasteiger partial charge in [-0.15, -0.1) is 0 Å². The van der Waals surface area contributed by atoms with E-state index < -0.39 is 0 Å². The minimum Gasteiger partial charge on any atom is -0.278 e. The summed E-state index contributed by atoms with van der Waals surface area (Å²) in [6, 6.07) is 16.1. The molecule has 0 radical (unpaired) electrons. The number of benzene rings is 2. The van der Waals surface area contributed by atoms with Crippen molar-refractivity contribution in [1.82, 2.24) is 25.2 Å². The summed E-state index contributed by atoms with van der Waals surface area (Å²) >= 11 is 6.09. The highest BCUT2D eigenvalue weighted by atomic mass is 35.5. The molecule has 1 amide bonds. The number of nitrogens with zero attached hydrogens (tertiary/aromatic N) is 4. The molecule has 0 spiro atoms. The van der Waals surface area contributed by atoms with Gasteiger partial charge in [-0.3, -0.25) is 15.6 Å². The zero-order chi connectivity index (χ0) is 19.7. The SMILES string of the molecule is Cc1cc(C)n(-c2nc3ccc(Cl)cc3nc2NNC(=O)c2ccccc2)n1. The third kappa shape index (κ3) is 3.52. The minimum atomic E-state index is -0.284. The fourth-order valence-corrected chi connectivity index (χ4v) is 3.04. The van der Waals surface area contributed by atoms with E-state index in [4.69, 9.17) is 11.6 Å². The predicted molar refractivity (Wildman–Crippen MR) is 109 cm³/mol. The van der Waals surface area contributed by atoms with Crippen LogP contribution in [0.1, 0.15) is 21.7 Å². The van der Waals surface area contributed by atoms with Gasteiger partial charge in [-0.05, 0) is 50.2 Å². The summed E-state index contributed by atoms with van der Waals surface area (Å²) < 4.78 is 1.69. The third-order valence-corrected chi connectivity index (χ3v) is 4.38. The quantitative estimate of drug-likeness (QED) is 0.515. The van der Waals surface area contributed by atoms with Gasteiger partial charge in [0, 0.05) is 16.3 Å². The van der Waals surface area contributed by atoms with Crippen LogP contribution in [-0.2, 0) is 0 Å². The Kier molecular flexibility index (Phi) is 4.67. The molecule has 0 fully saturated rings. The summed E-state index contributed by atoms with van der Waals surface area (Å²) in [5, 5.41) is 5.04. The van der Waals surface area contributed by atoms with Crippen LogP contribution in [0, 0.1) is 13.8 Å². The van der Waals surface area contributed by atoms with Gasteiger partial charge in [-0.25, -0.2) is 14.6 Å². The molecule has 140 valence electrons. The maximum atomic E-state index is 12.4. The van der Waals surface area contributed by atoms with Crippen molar-refractivity contribution in [2.45, 2.75) is 13.8 Å². The number of halogens is 1. The van der Waals surface area contributed by atoms with Crippen LogP contribution in [0.2, 0.25) is 5.02 Å². The van der Waals surface area contributed by atoms with E-state index in [0.29, 0.717) is 33.3 Å². The van der Waals surface area contributed by atoms with Crippen molar-refractivity contribution in [3.05, 3.63) is 76.6 Å². The number of hydrogen-bond acceptors (Lipinski definition) is 5. The maximum absolute atomic E-state index is 12.4. The molecule has 28 heavy (non-hydrogen) atoms. The van der Waals surface area contributed by atoms with Gasteiger partial charge < -0.3 is 0 Å². The van der Waals surface area contributed by atoms with Crippen LogP contribution in [0.25, 0.3) is 16.9 Å². The molecule has 0 atom stereocenters. The fourth-order valence-electron chi connectivity index (χ4n) is 2.87. The second-order valence-electron chi connectivity index (χ2n) is 6.31. The van der Waals surface area contributed by atoms with Gasteiger partial charge in [0.1, 0.15) is 0 Å². The van der Waals surface area contributed by atoms with E-state index in [0.717, 1.165) is 11.4 Å². The number of rotatable bonds is 4. The Morgan fingerprint density at radius 3 is 2.50 bits per heavy atom. The van der Waals surface area contributed by atoms with Crippen molar-refractivity contribution in [1.29, 1.82) is 0 Å². The van der Waals surface area contributed by atoms with Gasteiger partial charge >= 0.3 is 0 Å². The molecule has 2 aromatic heterocycles. The first kappa shape index (κ1) is 17.9. The van der Waals surface area contributed by atoms with E-state index in [2.05, 4.69) is 25.9 Å². The first-order valence-electron chi connectivity index (χ1n) is 8.63. The Bertz CT molecular complexity index is 1170. The van der Waals surface area contributed by atoms with Crippen LogP contribution in [0.4, 0.5) is 5.82 Å². The van der Waals surface area contributed by atoms with Crippen LogP contribution in [0.5, 0.6) is 0 Å². The average molecular weight is 393 g/mol. The number of carbonyl (C=O) groups is 1. The van der Waals surface area contributed by atoms with Gasteiger partial charge in [0.25, 0.3) is 5.91 Å². The Balaban J connectivity index is 1.75. The number of aryl methyl sites for hydroxylation is 2. The van der Waals surface area contributed by atoms with Gasteiger partial charge in [0.05, 0.1) is 16.7 Å². The normalized spacial score (nSPS) is 10.8. The van der Waals surface area contributed by atoms with E-state index in [1.165, 1.54) is 0 Å². The average Bonchev–Trinajstić information content (AvgIpc) is 3.03. The molecule has 2 aromatic carbocycles. The molecule has 0 aliphatic rings. The van der Waals surface area contributed by atoms with Crippen LogP contribution >= 0.6 is 11.6 Å². The molecule has 0 saturated carbocycles. The van der Waals surface area contributed by atoms with Crippen molar-refractivity contribution in [2.75, 3.05) is 5.43 Å². The monoisotopic (exact) mass is 392 g/mol. The molecule has 7 nitrogen and oxygen atoms in total. The zero-order valence-corrected chi connectivity index (χ0v) is 16.0.